The summed E-state index contributed by atoms with van der Waals surface area (Å²) >= 11 is 6.19. The van der Waals surface area contributed by atoms with Gasteiger partial charge in [-0.2, -0.15) is 0 Å². The number of benzene rings is 2. The molecular weight excluding hydrogens is 408 g/mol. The van der Waals surface area contributed by atoms with E-state index in [1.54, 1.807) is 4.90 Å². The second-order valence-corrected chi connectivity index (χ2v) is 8.81. The molecule has 2 heterocycles. The van der Waals surface area contributed by atoms with E-state index in [9.17, 15) is 4.79 Å². The van der Waals surface area contributed by atoms with Crippen LogP contribution in [-0.2, 0) is 16.9 Å². The molecule has 1 aliphatic carbocycles. The maximum Gasteiger partial charge on any atom is 0.259 e. The fourth-order valence-corrected chi connectivity index (χ4v) is 4.79. The third kappa shape index (κ3) is 3.63. The Kier molecular flexibility index (Phi) is 5.06. The first-order valence-electron chi connectivity index (χ1n) is 10.7. The molecule has 1 saturated carbocycles. The minimum absolute atomic E-state index is 0.00393. The number of guanidine groups is 1. The molecule has 6 heteroatoms. The number of rotatable bonds is 7. The molecule has 1 atom stereocenters. The van der Waals surface area contributed by atoms with E-state index in [1.165, 1.54) is 0 Å². The van der Waals surface area contributed by atoms with Crippen molar-refractivity contribution in [2.75, 3.05) is 6.54 Å². The molecule has 2 aliphatic rings. The van der Waals surface area contributed by atoms with E-state index < -0.39 is 5.54 Å². The summed E-state index contributed by atoms with van der Waals surface area (Å²) < 4.78 is 2.10. The van der Waals surface area contributed by atoms with Crippen molar-refractivity contribution in [3.63, 3.8) is 0 Å². The number of hydrogen-bond donors (Lipinski definition) is 2. The van der Waals surface area contributed by atoms with Crippen LogP contribution in [-0.4, -0.2) is 27.9 Å². The molecule has 1 aliphatic heterocycles. The third-order valence-corrected chi connectivity index (χ3v) is 6.53. The molecule has 0 bridgehead atoms. The van der Waals surface area contributed by atoms with Crippen LogP contribution in [0.15, 0.2) is 73.1 Å². The Hall–Kier alpha value is -3.05. The first-order valence-corrected chi connectivity index (χ1v) is 11.1. The van der Waals surface area contributed by atoms with Crippen molar-refractivity contribution in [3.8, 4) is 11.1 Å². The number of nitrogens with one attached hydrogen (secondary N) is 2. The van der Waals surface area contributed by atoms with Crippen LogP contribution in [0, 0.1) is 11.3 Å². The molecule has 158 valence electrons. The lowest BCUT2D eigenvalue weighted by Gasteiger charge is -2.28. The Morgan fingerprint density at radius 2 is 1.71 bits per heavy atom. The number of aryl methyl sites for hydroxylation is 1. The Bertz CT molecular complexity index is 1120. The molecule has 1 aromatic heterocycles. The van der Waals surface area contributed by atoms with E-state index in [-0.39, 0.29) is 17.8 Å². The van der Waals surface area contributed by atoms with Gasteiger partial charge in [-0.15, -0.1) is 0 Å². The van der Waals surface area contributed by atoms with Gasteiger partial charge in [-0.25, -0.2) is 0 Å². The van der Waals surface area contributed by atoms with Crippen molar-refractivity contribution in [2.45, 2.75) is 31.3 Å². The van der Waals surface area contributed by atoms with Gasteiger partial charge in [0.15, 0.2) is 5.96 Å². The van der Waals surface area contributed by atoms with Crippen LogP contribution in [0.4, 0.5) is 0 Å². The number of hydrogen-bond acceptors (Lipinski definition) is 2. The molecule has 0 radical (unpaired) electrons. The van der Waals surface area contributed by atoms with Crippen LogP contribution in [0.25, 0.3) is 11.1 Å². The SMILES string of the molecule is N=C1NC(c2cccc(-c3cccc(Cl)c3)c2)(C2CC2)C(=O)N1CCCn1cccc1. The van der Waals surface area contributed by atoms with Gasteiger partial charge in [0.25, 0.3) is 5.91 Å². The first-order chi connectivity index (χ1) is 15.1. The van der Waals surface area contributed by atoms with Crippen molar-refractivity contribution >= 4 is 23.5 Å². The number of halogens is 1. The Morgan fingerprint density at radius 1 is 1.00 bits per heavy atom. The van der Waals surface area contributed by atoms with Gasteiger partial charge in [-0.3, -0.25) is 15.1 Å². The van der Waals surface area contributed by atoms with E-state index in [2.05, 4.69) is 16.0 Å². The van der Waals surface area contributed by atoms with Gasteiger partial charge in [-0.1, -0.05) is 41.9 Å². The van der Waals surface area contributed by atoms with Crippen molar-refractivity contribution in [1.29, 1.82) is 5.41 Å². The van der Waals surface area contributed by atoms with Gasteiger partial charge in [0.05, 0.1) is 0 Å². The van der Waals surface area contributed by atoms with Gasteiger partial charge in [-0.05, 0) is 72.2 Å². The molecule has 1 amide bonds. The number of carbonyl (C=O) groups excluding carboxylic acids is 1. The lowest BCUT2D eigenvalue weighted by atomic mass is 9.83. The molecule has 2 fully saturated rings. The van der Waals surface area contributed by atoms with Crippen molar-refractivity contribution < 1.29 is 4.79 Å². The molecular formula is C25H25ClN4O. The quantitative estimate of drug-likeness (QED) is 0.559. The summed E-state index contributed by atoms with van der Waals surface area (Å²) in [6.45, 7) is 1.36. The summed E-state index contributed by atoms with van der Waals surface area (Å²) in [5, 5.41) is 12.5. The lowest BCUT2D eigenvalue weighted by Crippen LogP contribution is -2.46. The summed E-state index contributed by atoms with van der Waals surface area (Å²) in [5.74, 6) is 0.415. The van der Waals surface area contributed by atoms with Crippen LogP contribution in [0.5, 0.6) is 0 Å². The van der Waals surface area contributed by atoms with E-state index in [1.807, 2.05) is 67.0 Å². The number of carbonyl (C=O) groups is 1. The maximum absolute atomic E-state index is 13.7. The smallest absolute Gasteiger partial charge is 0.259 e. The fraction of sp³-hybridized carbons (Fsp3) is 0.280. The molecule has 1 unspecified atom stereocenters. The summed E-state index contributed by atoms with van der Waals surface area (Å²) in [4.78, 5) is 15.3. The predicted molar refractivity (Wildman–Crippen MR) is 123 cm³/mol. The summed E-state index contributed by atoms with van der Waals surface area (Å²) in [6.07, 6.45) is 6.82. The highest BCUT2D eigenvalue weighted by Crippen LogP contribution is 2.49. The molecule has 0 spiro atoms. The van der Waals surface area contributed by atoms with Gasteiger partial charge in [0, 0.05) is 30.5 Å². The number of amides is 1. The summed E-state index contributed by atoms with van der Waals surface area (Å²) in [6, 6.07) is 19.8. The zero-order valence-electron chi connectivity index (χ0n) is 17.2. The van der Waals surface area contributed by atoms with Crippen LogP contribution >= 0.6 is 11.6 Å². The summed E-state index contributed by atoms with van der Waals surface area (Å²) in [7, 11) is 0. The Morgan fingerprint density at radius 3 is 2.42 bits per heavy atom. The largest absolute Gasteiger partial charge is 0.354 e. The Balaban J connectivity index is 1.43. The molecule has 3 aromatic rings. The van der Waals surface area contributed by atoms with E-state index in [0.29, 0.717) is 11.6 Å². The van der Waals surface area contributed by atoms with Gasteiger partial charge in [0.1, 0.15) is 5.54 Å². The zero-order valence-corrected chi connectivity index (χ0v) is 18.0. The molecule has 31 heavy (non-hydrogen) atoms. The fourth-order valence-electron chi connectivity index (χ4n) is 4.60. The molecule has 1 saturated heterocycles. The van der Waals surface area contributed by atoms with Crippen LogP contribution in [0.1, 0.15) is 24.8 Å². The van der Waals surface area contributed by atoms with E-state index in [4.69, 9.17) is 17.0 Å². The number of nitrogens with zero attached hydrogens (tertiary/aromatic N) is 2. The standard InChI is InChI=1S/C25H25ClN4O/c26-22-9-4-7-19(17-22)18-6-3-8-21(16-18)25(20-10-11-20)23(31)30(24(27)28-25)15-5-14-29-12-1-2-13-29/h1-4,6-9,12-13,16-17,20H,5,10-11,14-15H2,(H2,27,28). The minimum atomic E-state index is -0.848. The highest BCUT2D eigenvalue weighted by Gasteiger charge is 2.58. The minimum Gasteiger partial charge on any atom is -0.354 e. The van der Waals surface area contributed by atoms with Gasteiger partial charge < -0.3 is 9.88 Å². The lowest BCUT2D eigenvalue weighted by molar-refractivity contribution is -0.132. The molecule has 5 rings (SSSR count). The van der Waals surface area contributed by atoms with Crippen molar-refractivity contribution in [1.82, 2.24) is 14.8 Å². The van der Waals surface area contributed by atoms with Gasteiger partial charge in [0.2, 0.25) is 0 Å². The average Bonchev–Trinajstić information content (AvgIpc) is 3.44. The Labute approximate surface area is 187 Å². The topological polar surface area (TPSA) is 61.1 Å². The average molecular weight is 433 g/mol. The predicted octanol–water partition coefficient (Wildman–Crippen LogP) is 4.87. The van der Waals surface area contributed by atoms with Crippen molar-refractivity contribution in [2.24, 2.45) is 5.92 Å². The summed E-state index contributed by atoms with van der Waals surface area (Å²) in [5.41, 5.74) is 2.12. The maximum atomic E-state index is 13.7. The molecule has 5 nitrogen and oxygen atoms in total. The van der Waals surface area contributed by atoms with Crippen molar-refractivity contribution in [3.05, 3.63) is 83.6 Å². The zero-order chi connectivity index (χ0) is 21.4. The third-order valence-electron chi connectivity index (χ3n) is 6.30. The normalized spacial score (nSPS) is 20.9. The van der Waals surface area contributed by atoms with E-state index >= 15 is 0 Å². The molecule has 2 aromatic carbocycles. The highest BCUT2D eigenvalue weighted by molar-refractivity contribution is 6.30. The van der Waals surface area contributed by atoms with Crippen LogP contribution < -0.4 is 5.32 Å². The first kappa shape index (κ1) is 19.9. The highest BCUT2D eigenvalue weighted by atomic mass is 35.5. The van der Waals surface area contributed by atoms with Crippen LogP contribution in [0.3, 0.4) is 0 Å². The monoisotopic (exact) mass is 432 g/mol. The van der Waals surface area contributed by atoms with Gasteiger partial charge >= 0.3 is 0 Å². The second-order valence-electron chi connectivity index (χ2n) is 8.38. The second kappa shape index (κ2) is 7.89. The van der Waals surface area contributed by atoms with Crippen LogP contribution in [0.2, 0.25) is 5.02 Å². The number of aromatic nitrogens is 1. The van der Waals surface area contributed by atoms with E-state index in [0.717, 1.165) is 42.5 Å². The molecule has 2 N–H and O–H groups in total.